The second kappa shape index (κ2) is 7.53. The van der Waals surface area contributed by atoms with E-state index in [1.807, 2.05) is 6.07 Å². The SMILES string of the molecule is CCC(CC)CN(CC)c1ccc(C(=O)O)cc1Br. The van der Waals surface area contributed by atoms with Crippen LogP contribution in [0.25, 0.3) is 0 Å². The van der Waals surface area contributed by atoms with Gasteiger partial charge in [-0.1, -0.05) is 26.7 Å². The summed E-state index contributed by atoms with van der Waals surface area (Å²) in [6.45, 7) is 8.48. The number of nitrogens with zero attached hydrogens (tertiary/aromatic N) is 1. The van der Waals surface area contributed by atoms with E-state index < -0.39 is 5.97 Å². The lowest BCUT2D eigenvalue weighted by Gasteiger charge is -2.28. The van der Waals surface area contributed by atoms with Crippen molar-refractivity contribution >= 4 is 27.6 Å². The van der Waals surface area contributed by atoms with Gasteiger partial charge in [-0.2, -0.15) is 0 Å². The third-order valence-corrected chi connectivity index (χ3v) is 4.19. The zero-order chi connectivity index (χ0) is 14.4. The van der Waals surface area contributed by atoms with Gasteiger partial charge in [0, 0.05) is 17.6 Å². The fraction of sp³-hybridized carbons (Fsp3) is 0.533. The first-order chi connectivity index (χ1) is 9.03. The van der Waals surface area contributed by atoms with Crippen LogP contribution in [0.3, 0.4) is 0 Å². The van der Waals surface area contributed by atoms with E-state index in [1.54, 1.807) is 12.1 Å². The molecule has 1 rings (SSSR count). The number of carboxylic acids is 1. The van der Waals surface area contributed by atoms with Crippen LogP contribution in [0.4, 0.5) is 5.69 Å². The highest BCUT2D eigenvalue weighted by atomic mass is 79.9. The van der Waals surface area contributed by atoms with E-state index >= 15 is 0 Å². The molecule has 0 unspecified atom stereocenters. The van der Waals surface area contributed by atoms with Gasteiger partial charge in [-0.15, -0.1) is 0 Å². The standard InChI is InChI=1S/C15H22BrNO2/c1-4-11(5-2)10-17(6-3)14-8-7-12(15(18)19)9-13(14)16/h7-9,11H,4-6,10H2,1-3H3,(H,18,19). The van der Waals surface area contributed by atoms with Gasteiger partial charge in [-0.3, -0.25) is 0 Å². The van der Waals surface area contributed by atoms with Crippen molar-refractivity contribution in [3.63, 3.8) is 0 Å². The molecule has 0 amide bonds. The molecule has 0 aliphatic heterocycles. The predicted molar refractivity (Wildman–Crippen MR) is 83.1 cm³/mol. The van der Waals surface area contributed by atoms with Crippen LogP contribution >= 0.6 is 15.9 Å². The molecule has 1 aromatic rings. The molecule has 0 saturated carbocycles. The molecule has 1 aromatic carbocycles. The first kappa shape index (κ1) is 16.0. The number of halogens is 1. The van der Waals surface area contributed by atoms with Gasteiger partial charge in [0.05, 0.1) is 11.3 Å². The summed E-state index contributed by atoms with van der Waals surface area (Å²) in [5.74, 6) is -0.221. The Morgan fingerprint density at radius 2 is 1.95 bits per heavy atom. The Morgan fingerprint density at radius 3 is 2.37 bits per heavy atom. The second-order valence-corrected chi connectivity index (χ2v) is 5.55. The fourth-order valence-corrected chi connectivity index (χ4v) is 2.78. The Labute approximate surface area is 123 Å². The van der Waals surface area contributed by atoms with Gasteiger partial charge in [0.1, 0.15) is 0 Å². The van der Waals surface area contributed by atoms with Crippen LogP contribution in [0.15, 0.2) is 22.7 Å². The highest BCUT2D eigenvalue weighted by Gasteiger charge is 2.14. The van der Waals surface area contributed by atoms with Gasteiger partial charge in [0.2, 0.25) is 0 Å². The average molecular weight is 328 g/mol. The molecule has 0 fully saturated rings. The van der Waals surface area contributed by atoms with Gasteiger partial charge in [-0.25, -0.2) is 4.79 Å². The Bertz CT molecular complexity index is 430. The molecule has 0 heterocycles. The first-order valence-electron chi connectivity index (χ1n) is 6.81. The molecule has 0 aromatic heterocycles. The molecule has 0 aliphatic carbocycles. The van der Waals surface area contributed by atoms with Crippen LogP contribution in [0.2, 0.25) is 0 Å². The van der Waals surface area contributed by atoms with Crippen LogP contribution in [0.5, 0.6) is 0 Å². The van der Waals surface area contributed by atoms with E-state index in [9.17, 15) is 4.79 Å². The van der Waals surface area contributed by atoms with E-state index in [0.717, 1.165) is 36.1 Å². The molecule has 4 heteroatoms. The van der Waals surface area contributed by atoms with Crippen LogP contribution in [-0.4, -0.2) is 24.2 Å². The molecule has 0 aliphatic rings. The lowest BCUT2D eigenvalue weighted by Crippen LogP contribution is -2.29. The third kappa shape index (κ3) is 4.23. The summed E-state index contributed by atoms with van der Waals surface area (Å²) in [5.41, 5.74) is 1.38. The van der Waals surface area contributed by atoms with Crippen LogP contribution in [0, 0.1) is 5.92 Å². The second-order valence-electron chi connectivity index (χ2n) is 4.69. The molecule has 0 saturated heterocycles. The topological polar surface area (TPSA) is 40.5 Å². The molecule has 0 bridgehead atoms. The number of hydrogen-bond donors (Lipinski definition) is 1. The van der Waals surface area contributed by atoms with E-state index in [0.29, 0.717) is 11.5 Å². The summed E-state index contributed by atoms with van der Waals surface area (Å²) >= 11 is 3.49. The molecule has 3 nitrogen and oxygen atoms in total. The maximum absolute atomic E-state index is 10.9. The quantitative estimate of drug-likeness (QED) is 0.806. The molecule has 19 heavy (non-hydrogen) atoms. The Kier molecular flexibility index (Phi) is 6.35. The number of carboxylic acid groups (broad SMARTS) is 1. The smallest absolute Gasteiger partial charge is 0.335 e. The van der Waals surface area contributed by atoms with E-state index in [1.165, 1.54) is 0 Å². The van der Waals surface area contributed by atoms with Crippen molar-refractivity contribution in [1.82, 2.24) is 0 Å². The number of rotatable bonds is 7. The summed E-state index contributed by atoms with van der Waals surface area (Å²) in [4.78, 5) is 13.2. The van der Waals surface area contributed by atoms with Crippen LogP contribution in [-0.2, 0) is 0 Å². The largest absolute Gasteiger partial charge is 0.478 e. The predicted octanol–water partition coefficient (Wildman–Crippen LogP) is 4.41. The van der Waals surface area contributed by atoms with Gasteiger partial charge < -0.3 is 10.0 Å². The number of aromatic carboxylic acids is 1. The minimum Gasteiger partial charge on any atom is -0.478 e. The Hall–Kier alpha value is -1.03. The summed E-state index contributed by atoms with van der Waals surface area (Å²) in [6.07, 6.45) is 2.33. The summed E-state index contributed by atoms with van der Waals surface area (Å²) in [6, 6.07) is 5.23. The number of anilines is 1. The van der Waals surface area contributed by atoms with E-state index in [-0.39, 0.29) is 0 Å². The van der Waals surface area contributed by atoms with Crippen molar-refractivity contribution in [2.45, 2.75) is 33.6 Å². The molecule has 106 valence electrons. The molecular formula is C15H22BrNO2. The van der Waals surface area contributed by atoms with Crippen LogP contribution < -0.4 is 4.90 Å². The molecule has 0 spiro atoms. The Morgan fingerprint density at radius 1 is 1.32 bits per heavy atom. The maximum Gasteiger partial charge on any atom is 0.335 e. The normalized spacial score (nSPS) is 10.8. The summed E-state index contributed by atoms with van der Waals surface area (Å²) in [7, 11) is 0. The van der Waals surface area contributed by atoms with Crippen molar-refractivity contribution in [2.75, 3.05) is 18.0 Å². The van der Waals surface area contributed by atoms with E-state index in [4.69, 9.17) is 5.11 Å². The Balaban J connectivity index is 2.95. The summed E-state index contributed by atoms with van der Waals surface area (Å²) < 4.78 is 0.847. The minimum atomic E-state index is -0.893. The lowest BCUT2D eigenvalue weighted by molar-refractivity contribution is 0.0697. The molecule has 0 atom stereocenters. The van der Waals surface area contributed by atoms with Crippen molar-refractivity contribution in [2.24, 2.45) is 5.92 Å². The van der Waals surface area contributed by atoms with Crippen molar-refractivity contribution in [1.29, 1.82) is 0 Å². The highest BCUT2D eigenvalue weighted by molar-refractivity contribution is 9.10. The third-order valence-electron chi connectivity index (χ3n) is 3.55. The lowest BCUT2D eigenvalue weighted by atomic mass is 10.0. The van der Waals surface area contributed by atoms with Crippen molar-refractivity contribution < 1.29 is 9.90 Å². The maximum atomic E-state index is 10.9. The van der Waals surface area contributed by atoms with Crippen molar-refractivity contribution in [3.8, 4) is 0 Å². The number of hydrogen-bond acceptors (Lipinski definition) is 2. The fourth-order valence-electron chi connectivity index (χ4n) is 2.15. The highest BCUT2D eigenvalue weighted by Crippen LogP contribution is 2.28. The zero-order valence-corrected chi connectivity index (χ0v) is 13.4. The van der Waals surface area contributed by atoms with Gasteiger partial charge >= 0.3 is 5.97 Å². The van der Waals surface area contributed by atoms with E-state index in [2.05, 4.69) is 41.6 Å². The first-order valence-corrected chi connectivity index (χ1v) is 7.60. The molecule has 0 radical (unpaired) electrons. The van der Waals surface area contributed by atoms with Gasteiger partial charge in [-0.05, 0) is 47.0 Å². The monoisotopic (exact) mass is 327 g/mol. The minimum absolute atomic E-state index is 0.314. The van der Waals surface area contributed by atoms with Crippen molar-refractivity contribution in [3.05, 3.63) is 28.2 Å². The summed E-state index contributed by atoms with van der Waals surface area (Å²) in [5, 5.41) is 8.98. The average Bonchev–Trinajstić information content (AvgIpc) is 2.41. The zero-order valence-electron chi connectivity index (χ0n) is 11.8. The van der Waals surface area contributed by atoms with Gasteiger partial charge in [0.25, 0.3) is 0 Å². The molecular weight excluding hydrogens is 306 g/mol. The number of carbonyl (C=O) groups is 1. The number of benzene rings is 1. The molecule has 1 N–H and O–H groups in total. The van der Waals surface area contributed by atoms with Gasteiger partial charge in [0.15, 0.2) is 0 Å². The van der Waals surface area contributed by atoms with Crippen LogP contribution in [0.1, 0.15) is 44.0 Å².